The van der Waals surface area contributed by atoms with Crippen LogP contribution < -0.4 is 5.32 Å². The summed E-state index contributed by atoms with van der Waals surface area (Å²) < 4.78 is 0. The minimum Gasteiger partial charge on any atom is -0.504 e. The normalized spacial score (nSPS) is 13.1. The summed E-state index contributed by atoms with van der Waals surface area (Å²) in [6.07, 6.45) is 2.39. The van der Waals surface area contributed by atoms with Crippen molar-refractivity contribution in [2.45, 2.75) is 0 Å². The Bertz CT molecular complexity index is 375. The Hall–Kier alpha value is -2.30. The lowest BCUT2D eigenvalue weighted by Crippen LogP contribution is -2.19. The lowest BCUT2D eigenvalue weighted by atomic mass is 10.3. The summed E-state index contributed by atoms with van der Waals surface area (Å²) in [4.78, 5) is 20.1. The van der Waals surface area contributed by atoms with E-state index in [0.29, 0.717) is 0 Å². The molecule has 0 atom stereocenters. The van der Waals surface area contributed by atoms with Crippen molar-refractivity contribution in [2.24, 2.45) is 0 Å². The highest BCUT2D eigenvalue weighted by Gasteiger charge is 2.06. The van der Waals surface area contributed by atoms with Gasteiger partial charge in [-0.1, -0.05) is 12.1 Å². The smallest absolute Gasteiger partial charge is 0.250 e. The van der Waals surface area contributed by atoms with E-state index in [-0.39, 0.29) is 23.3 Å². The van der Waals surface area contributed by atoms with Gasteiger partial charge in [0.2, 0.25) is 0 Å². The summed E-state index contributed by atoms with van der Waals surface area (Å²) in [7, 11) is 0. The predicted octanol–water partition coefficient (Wildman–Crippen LogP) is 0.297. The SMILES string of the molecule is O=C1C=CC(=O)N1.Oc1ccccc1O. The first-order valence-corrected chi connectivity index (χ1v) is 4.09. The number of aromatic hydroxyl groups is 2. The number of hydrogen-bond donors (Lipinski definition) is 3. The van der Waals surface area contributed by atoms with Gasteiger partial charge in [-0.15, -0.1) is 0 Å². The largest absolute Gasteiger partial charge is 0.504 e. The summed E-state index contributed by atoms with van der Waals surface area (Å²) in [6.45, 7) is 0. The molecule has 0 aliphatic carbocycles. The minimum absolute atomic E-state index is 0.0764. The Labute approximate surface area is 85.7 Å². The van der Waals surface area contributed by atoms with Crippen LogP contribution >= 0.6 is 0 Å². The fourth-order valence-electron chi connectivity index (χ4n) is 0.820. The average molecular weight is 207 g/mol. The van der Waals surface area contributed by atoms with Gasteiger partial charge in [-0.2, -0.15) is 0 Å². The lowest BCUT2D eigenvalue weighted by Gasteiger charge is -1.91. The monoisotopic (exact) mass is 207 g/mol. The average Bonchev–Trinajstić information content (AvgIpc) is 2.56. The van der Waals surface area contributed by atoms with E-state index in [1.807, 2.05) is 5.32 Å². The highest BCUT2D eigenvalue weighted by Crippen LogP contribution is 2.21. The number of carbonyl (C=O) groups excluding carboxylic acids is 2. The number of benzene rings is 1. The van der Waals surface area contributed by atoms with Crippen molar-refractivity contribution in [3.05, 3.63) is 36.4 Å². The maximum absolute atomic E-state index is 10.0. The van der Waals surface area contributed by atoms with E-state index in [9.17, 15) is 9.59 Å². The summed E-state index contributed by atoms with van der Waals surface area (Å²) in [6, 6.07) is 6.15. The van der Waals surface area contributed by atoms with Gasteiger partial charge in [-0.05, 0) is 12.1 Å². The maximum Gasteiger partial charge on any atom is 0.250 e. The van der Waals surface area contributed by atoms with Gasteiger partial charge in [0.1, 0.15) is 0 Å². The standard InChI is InChI=1S/C6H6O2.C4H3NO2/c7-5-3-1-2-4-6(5)8;6-3-1-2-4(7)5-3/h1-4,7-8H;1-2H,(H,5,6,7). The third-order valence-electron chi connectivity index (χ3n) is 1.51. The third kappa shape index (κ3) is 3.51. The van der Waals surface area contributed by atoms with Crippen molar-refractivity contribution in [3.63, 3.8) is 0 Å². The first kappa shape index (κ1) is 10.8. The van der Waals surface area contributed by atoms with Gasteiger partial charge in [0.25, 0.3) is 11.8 Å². The van der Waals surface area contributed by atoms with Crippen LogP contribution in [0.4, 0.5) is 0 Å². The van der Waals surface area contributed by atoms with Crippen LogP contribution in [-0.2, 0) is 9.59 Å². The molecule has 1 heterocycles. The van der Waals surface area contributed by atoms with Crippen LogP contribution in [0.3, 0.4) is 0 Å². The minimum atomic E-state index is -0.329. The Morgan fingerprint density at radius 3 is 1.47 bits per heavy atom. The lowest BCUT2D eigenvalue weighted by molar-refractivity contribution is -0.123. The van der Waals surface area contributed by atoms with Crippen molar-refractivity contribution >= 4 is 11.8 Å². The zero-order valence-corrected chi connectivity index (χ0v) is 7.68. The molecule has 1 aromatic carbocycles. The first-order valence-electron chi connectivity index (χ1n) is 4.09. The summed E-state index contributed by atoms with van der Waals surface area (Å²) in [5.41, 5.74) is 0. The number of hydrogen-bond acceptors (Lipinski definition) is 4. The number of para-hydroxylation sites is 2. The second-order valence-electron chi connectivity index (χ2n) is 2.68. The van der Waals surface area contributed by atoms with Crippen molar-refractivity contribution in [1.29, 1.82) is 0 Å². The van der Waals surface area contributed by atoms with Crippen LogP contribution in [0.2, 0.25) is 0 Å². The molecule has 78 valence electrons. The summed E-state index contributed by atoms with van der Waals surface area (Å²) >= 11 is 0. The van der Waals surface area contributed by atoms with Crippen molar-refractivity contribution in [2.75, 3.05) is 0 Å². The Kier molecular flexibility index (Phi) is 3.45. The van der Waals surface area contributed by atoms with E-state index in [2.05, 4.69) is 0 Å². The molecule has 0 radical (unpaired) electrons. The molecule has 1 aromatic rings. The molecule has 5 heteroatoms. The number of phenols is 2. The van der Waals surface area contributed by atoms with Gasteiger partial charge in [-0.25, -0.2) is 0 Å². The molecule has 1 aliphatic rings. The highest BCUT2D eigenvalue weighted by atomic mass is 16.3. The Morgan fingerprint density at radius 1 is 0.867 bits per heavy atom. The zero-order chi connectivity index (χ0) is 11.3. The molecule has 15 heavy (non-hydrogen) atoms. The Balaban J connectivity index is 0.000000151. The van der Waals surface area contributed by atoms with Gasteiger partial charge in [0.05, 0.1) is 0 Å². The third-order valence-corrected chi connectivity index (χ3v) is 1.51. The maximum atomic E-state index is 10.0. The molecule has 0 bridgehead atoms. The summed E-state index contributed by atoms with van der Waals surface area (Å²) in [5, 5.41) is 19.4. The molecular formula is C10H9NO4. The molecule has 5 nitrogen and oxygen atoms in total. The fourth-order valence-corrected chi connectivity index (χ4v) is 0.820. The van der Waals surface area contributed by atoms with Crippen molar-refractivity contribution < 1.29 is 19.8 Å². The predicted molar refractivity (Wildman–Crippen MR) is 52.1 cm³/mol. The van der Waals surface area contributed by atoms with Crippen LogP contribution in [0.5, 0.6) is 11.5 Å². The van der Waals surface area contributed by atoms with E-state index in [1.54, 1.807) is 12.1 Å². The van der Waals surface area contributed by atoms with Gasteiger partial charge in [-0.3, -0.25) is 14.9 Å². The number of nitrogens with one attached hydrogen (secondary N) is 1. The van der Waals surface area contributed by atoms with Gasteiger partial charge in [0.15, 0.2) is 11.5 Å². The molecule has 2 rings (SSSR count). The molecule has 0 saturated carbocycles. The van der Waals surface area contributed by atoms with E-state index in [4.69, 9.17) is 10.2 Å². The number of phenolic OH excluding ortho intramolecular Hbond substituents is 2. The van der Waals surface area contributed by atoms with Crippen molar-refractivity contribution in [1.82, 2.24) is 5.32 Å². The van der Waals surface area contributed by atoms with Crippen LogP contribution in [-0.4, -0.2) is 22.0 Å². The van der Waals surface area contributed by atoms with Crippen molar-refractivity contribution in [3.8, 4) is 11.5 Å². The van der Waals surface area contributed by atoms with Crippen LogP contribution in [0.15, 0.2) is 36.4 Å². The van der Waals surface area contributed by atoms with E-state index in [0.717, 1.165) is 0 Å². The molecule has 3 N–H and O–H groups in total. The molecular weight excluding hydrogens is 198 g/mol. The number of carbonyl (C=O) groups is 2. The molecule has 0 spiro atoms. The second-order valence-corrected chi connectivity index (χ2v) is 2.68. The zero-order valence-electron chi connectivity index (χ0n) is 7.68. The van der Waals surface area contributed by atoms with E-state index < -0.39 is 0 Å². The van der Waals surface area contributed by atoms with Gasteiger partial charge < -0.3 is 10.2 Å². The van der Waals surface area contributed by atoms with E-state index in [1.165, 1.54) is 24.3 Å². The van der Waals surface area contributed by atoms with Gasteiger partial charge >= 0.3 is 0 Å². The molecule has 0 aromatic heterocycles. The Morgan fingerprint density at radius 2 is 1.27 bits per heavy atom. The quantitative estimate of drug-likeness (QED) is 0.421. The van der Waals surface area contributed by atoms with Gasteiger partial charge in [0, 0.05) is 12.2 Å². The van der Waals surface area contributed by atoms with E-state index >= 15 is 0 Å². The molecule has 0 saturated heterocycles. The van der Waals surface area contributed by atoms with Crippen LogP contribution in [0.25, 0.3) is 0 Å². The fraction of sp³-hybridized carbons (Fsp3) is 0. The highest BCUT2D eigenvalue weighted by molar-refractivity contribution is 6.12. The molecule has 0 fully saturated rings. The molecule has 0 unspecified atom stereocenters. The van der Waals surface area contributed by atoms with Crippen LogP contribution in [0.1, 0.15) is 0 Å². The number of rotatable bonds is 0. The van der Waals surface area contributed by atoms with Crippen LogP contribution in [0, 0.1) is 0 Å². The summed E-state index contributed by atoms with van der Waals surface area (Å²) in [5.74, 6) is -0.810. The number of imide groups is 1. The topological polar surface area (TPSA) is 86.6 Å². The molecule has 2 amide bonds. The molecule has 1 aliphatic heterocycles. The number of amides is 2. The first-order chi connectivity index (χ1) is 7.09. The second kappa shape index (κ2) is 4.80.